The number of rotatable bonds is 5. The lowest BCUT2D eigenvalue weighted by Crippen LogP contribution is -2.09. The summed E-state index contributed by atoms with van der Waals surface area (Å²) in [5.41, 5.74) is 8.94. The Labute approximate surface area is 134 Å². The van der Waals surface area contributed by atoms with E-state index in [9.17, 15) is 0 Å². The molecule has 0 saturated carbocycles. The van der Waals surface area contributed by atoms with E-state index in [0.29, 0.717) is 5.82 Å². The van der Waals surface area contributed by atoms with Gasteiger partial charge in [0.1, 0.15) is 11.5 Å². The molecule has 0 radical (unpaired) electrons. The summed E-state index contributed by atoms with van der Waals surface area (Å²) in [6.07, 6.45) is 3.49. The van der Waals surface area contributed by atoms with E-state index >= 15 is 0 Å². The van der Waals surface area contributed by atoms with E-state index in [-0.39, 0.29) is 6.61 Å². The zero-order chi connectivity index (χ0) is 16.1. The monoisotopic (exact) mass is 307 g/mol. The summed E-state index contributed by atoms with van der Waals surface area (Å²) < 4.78 is 1.90. The molecule has 6 heteroatoms. The summed E-state index contributed by atoms with van der Waals surface area (Å²) in [6.45, 7) is 0.249. The SMILES string of the molecule is Cn1cncc1/C(=N\OCc1cccc(N)n1)c1ccccc1. The highest BCUT2D eigenvalue weighted by Crippen LogP contribution is 2.11. The second kappa shape index (κ2) is 6.74. The van der Waals surface area contributed by atoms with Gasteiger partial charge in [0.05, 0.1) is 23.9 Å². The van der Waals surface area contributed by atoms with Gasteiger partial charge in [-0.2, -0.15) is 0 Å². The molecule has 0 aliphatic rings. The molecule has 0 amide bonds. The summed E-state index contributed by atoms with van der Waals surface area (Å²) in [4.78, 5) is 13.8. The Kier molecular flexibility index (Phi) is 4.33. The average molecular weight is 307 g/mol. The first-order chi connectivity index (χ1) is 11.2. The van der Waals surface area contributed by atoms with E-state index < -0.39 is 0 Å². The van der Waals surface area contributed by atoms with Crippen LogP contribution in [0.5, 0.6) is 0 Å². The van der Waals surface area contributed by atoms with E-state index in [2.05, 4.69) is 15.1 Å². The lowest BCUT2D eigenvalue weighted by molar-refractivity contribution is 0.128. The molecule has 0 spiro atoms. The molecule has 3 rings (SSSR count). The molecule has 0 aliphatic heterocycles. The molecule has 2 N–H and O–H groups in total. The molecule has 116 valence electrons. The molecular formula is C17H17N5O. The molecule has 1 aromatic carbocycles. The largest absolute Gasteiger partial charge is 0.389 e. The number of nitrogen functional groups attached to an aromatic ring is 1. The summed E-state index contributed by atoms with van der Waals surface area (Å²) >= 11 is 0. The van der Waals surface area contributed by atoms with Crippen molar-refractivity contribution in [1.82, 2.24) is 14.5 Å². The fraction of sp³-hybridized carbons (Fsp3) is 0.118. The van der Waals surface area contributed by atoms with E-state index in [1.165, 1.54) is 0 Å². The number of oxime groups is 1. The smallest absolute Gasteiger partial charge is 0.159 e. The number of aromatic nitrogens is 3. The first-order valence-electron chi connectivity index (χ1n) is 7.17. The second-order valence-electron chi connectivity index (χ2n) is 5.02. The van der Waals surface area contributed by atoms with Gasteiger partial charge in [-0.1, -0.05) is 41.6 Å². The molecule has 0 unspecified atom stereocenters. The first-order valence-corrected chi connectivity index (χ1v) is 7.17. The number of nitrogens with two attached hydrogens (primary N) is 1. The molecule has 0 atom stereocenters. The van der Waals surface area contributed by atoms with E-state index in [1.807, 2.05) is 54.1 Å². The van der Waals surface area contributed by atoms with Crippen molar-refractivity contribution in [2.24, 2.45) is 12.2 Å². The number of hydrogen-bond donors (Lipinski definition) is 1. The van der Waals surface area contributed by atoms with Crippen molar-refractivity contribution in [2.75, 3.05) is 5.73 Å². The van der Waals surface area contributed by atoms with Crippen LogP contribution in [0.3, 0.4) is 0 Å². The number of anilines is 1. The first kappa shape index (κ1) is 14.8. The van der Waals surface area contributed by atoms with E-state index in [0.717, 1.165) is 22.7 Å². The minimum absolute atomic E-state index is 0.249. The van der Waals surface area contributed by atoms with Crippen molar-refractivity contribution in [2.45, 2.75) is 6.61 Å². The number of benzene rings is 1. The van der Waals surface area contributed by atoms with Gasteiger partial charge in [-0.05, 0) is 12.1 Å². The maximum Gasteiger partial charge on any atom is 0.159 e. The van der Waals surface area contributed by atoms with Crippen LogP contribution < -0.4 is 5.73 Å². The van der Waals surface area contributed by atoms with E-state index in [1.54, 1.807) is 18.6 Å². The lowest BCUT2D eigenvalue weighted by Gasteiger charge is -2.08. The predicted molar refractivity (Wildman–Crippen MR) is 88.7 cm³/mol. The Bertz CT molecular complexity index is 811. The Morgan fingerprint density at radius 3 is 2.70 bits per heavy atom. The lowest BCUT2D eigenvalue weighted by atomic mass is 10.1. The standard InChI is InChI=1S/C17H17N5O/c1-22-12-19-10-15(22)17(13-6-3-2-4-7-13)21-23-11-14-8-5-9-16(18)20-14/h2-10,12H,11H2,1H3,(H2,18,20)/b21-17-. The van der Waals surface area contributed by atoms with Crippen LogP contribution in [0, 0.1) is 0 Å². The molecule has 6 nitrogen and oxygen atoms in total. The van der Waals surface area contributed by atoms with Gasteiger partial charge in [-0.3, -0.25) is 0 Å². The third-order valence-electron chi connectivity index (χ3n) is 3.30. The van der Waals surface area contributed by atoms with Crippen LogP contribution in [-0.4, -0.2) is 20.2 Å². The summed E-state index contributed by atoms with van der Waals surface area (Å²) in [5.74, 6) is 0.463. The van der Waals surface area contributed by atoms with Crippen LogP contribution >= 0.6 is 0 Å². The Hall–Kier alpha value is -3.15. The Morgan fingerprint density at radius 2 is 2.00 bits per heavy atom. The maximum absolute atomic E-state index is 5.66. The zero-order valence-electron chi connectivity index (χ0n) is 12.8. The Morgan fingerprint density at radius 1 is 1.17 bits per heavy atom. The highest BCUT2D eigenvalue weighted by Gasteiger charge is 2.11. The van der Waals surface area contributed by atoms with Gasteiger partial charge >= 0.3 is 0 Å². The van der Waals surface area contributed by atoms with Crippen molar-refractivity contribution in [3.8, 4) is 0 Å². The quantitative estimate of drug-likeness (QED) is 0.580. The minimum atomic E-state index is 0.249. The molecule has 3 aromatic rings. The third kappa shape index (κ3) is 3.55. The van der Waals surface area contributed by atoms with Gasteiger partial charge in [0.25, 0.3) is 0 Å². The summed E-state index contributed by atoms with van der Waals surface area (Å²) in [7, 11) is 1.92. The van der Waals surface area contributed by atoms with Crippen LogP contribution in [0.15, 0.2) is 66.2 Å². The van der Waals surface area contributed by atoms with Crippen molar-refractivity contribution in [1.29, 1.82) is 0 Å². The van der Waals surface area contributed by atoms with Gasteiger partial charge in [0.2, 0.25) is 0 Å². The fourth-order valence-corrected chi connectivity index (χ4v) is 2.17. The average Bonchev–Trinajstić information content (AvgIpc) is 2.98. The molecule has 2 aromatic heterocycles. The highest BCUT2D eigenvalue weighted by molar-refractivity contribution is 6.11. The van der Waals surface area contributed by atoms with Crippen LogP contribution in [0.2, 0.25) is 0 Å². The van der Waals surface area contributed by atoms with Gasteiger partial charge in [-0.25, -0.2) is 9.97 Å². The fourth-order valence-electron chi connectivity index (χ4n) is 2.17. The molecule has 23 heavy (non-hydrogen) atoms. The molecular weight excluding hydrogens is 290 g/mol. The third-order valence-corrected chi connectivity index (χ3v) is 3.30. The van der Waals surface area contributed by atoms with Gasteiger partial charge in [0, 0.05) is 12.6 Å². The molecule has 0 aliphatic carbocycles. The van der Waals surface area contributed by atoms with E-state index in [4.69, 9.17) is 10.6 Å². The number of hydrogen-bond acceptors (Lipinski definition) is 5. The van der Waals surface area contributed by atoms with Gasteiger partial charge in [0.15, 0.2) is 6.61 Å². The van der Waals surface area contributed by atoms with Gasteiger partial charge in [-0.15, -0.1) is 0 Å². The maximum atomic E-state index is 5.66. The van der Waals surface area contributed by atoms with Crippen LogP contribution in [0.25, 0.3) is 0 Å². The Balaban J connectivity index is 1.85. The van der Waals surface area contributed by atoms with Crippen LogP contribution in [-0.2, 0) is 18.5 Å². The predicted octanol–water partition coefficient (Wildman–Crippen LogP) is 2.37. The molecule has 2 heterocycles. The number of nitrogens with zero attached hydrogens (tertiary/aromatic N) is 4. The van der Waals surface area contributed by atoms with Crippen LogP contribution in [0.4, 0.5) is 5.82 Å². The second-order valence-corrected chi connectivity index (χ2v) is 5.02. The molecule has 0 bridgehead atoms. The number of pyridine rings is 1. The van der Waals surface area contributed by atoms with Crippen molar-refractivity contribution < 1.29 is 4.84 Å². The van der Waals surface area contributed by atoms with Gasteiger partial charge < -0.3 is 15.1 Å². The minimum Gasteiger partial charge on any atom is -0.389 e. The number of imidazole rings is 1. The zero-order valence-corrected chi connectivity index (χ0v) is 12.8. The number of aryl methyl sites for hydroxylation is 1. The highest BCUT2D eigenvalue weighted by atomic mass is 16.6. The van der Waals surface area contributed by atoms with Crippen LogP contribution in [0.1, 0.15) is 17.0 Å². The molecule has 0 fully saturated rings. The topological polar surface area (TPSA) is 78.3 Å². The van der Waals surface area contributed by atoms with Crippen molar-refractivity contribution >= 4 is 11.5 Å². The molecule has 0 saturated heterocycles. The summed E-state index contributed by atoms with van der Waals surface area (Å²) in [5, 5.41) is 4.30. The van der Waals surface area contributed by atoms with Crippen molar-refractivity contribution in [3.05, 3.63) is 78.0 Å². The van der Waals surface area contributed by atoms with Crippen molar-refractivity contribution in [3.63, 3.8) is 0 Å². The summed E-state index contributed by atoms with van der Waals surface area (Å²) in [6, 6.07) is 15.3. The normalized spacial score (nSPS) is 11.4.